The van der Waals surface area contributed by atoms with Crippen LogP contribution in [0.5, 0.6) is 5.75 Å². The maximum Gasteiger partial charge on any atom is 0.215 e. The van der Waals surface area contributed by atoms with Crippen molar-refractivity contribution in [3.8, 4) is 5.75 Å². The van der Waals surface area contributed by atoms with Gasteiger partial charge in [0.1, 0.15) is 11.5 Å². The van der Waals surface area contributed by atoms with Gasteiger partial charge in [0, 0.05) is 5.69 Å². The molecule has 0 aromatic heterocycles. The third kappa shape index (κ3) is 4.66. The van der Waals surface area contributed by atoms with Gasteiger partial charge in [-0.15, -0.1) is 0 Å². The highest BCUT2D eigenvalue weighted by molar-refractivity contribution is 8.10. The molecule has 0 saturated carbocycles. The van der Waals surface area contributed by atoms with Gasteiger partial charge in [-0.3, -0.25) is 0 Å². The Kier molecular flexibility index (Phi) is 6.36. The molecule has 0 radical (unpaired) electrons. The molecule has 1 N–H and O–H groups in total. The Morgan fingerprint density at radius 2 is 1.88 bits per heavy atom. The van der Waals surface area contributed by atoms with Crippen LogP contribution in [0.3, 0.4) is 0 Å². The predicted octanol–water partition coefficient (Wildman–Crippen LogP) is 5.64. The summed E-state index contributed by atoms with van der Waals surface area (Å²) >= 11 is 5.91. The van der Waals surface area contributed by atoms with Gasteiger partial charge >= 0.3 is 0 Å². The zero-order valence-corrected chi connectivity index (χ0v) is 17.2. The molecule has 0 spiro atoms. The maximum absolute atomic E-state index is 6.17. The Balaban J connectivity index is 1.90. The van der Waals surface area contributed by atoms with Crippen LogP contribution in [0.1, 0.15) is 37.2 Å². The number of anilines is 1. The largest absolute Gasteiger partial charge is 0.494 e. The molecule has 4 nitrogen and oxygen atoms in total. The first-order valence-corrected chi connectivity index (χ1v) is 11.7. The fourth-order valence-electron chi connectivity index (χ4n) is 2.88. The smallest absolute Gasteiger partial charge is 0.215 e. The minimum Gasteiger partial charge on any atom is -0.494 e. The number of rotatable bonds is 6. The lowest BCUT2D eigenvalue weighted by molar-refractivity contribution is 0.115. The minimum atomic E-state index is -2.52. The van der Waals surface area contributed by atoms with Crippen LogP contribution in [-0.2, 0) is 20.9 Å². The summed E-state index contributed by atoms with van der Waals surface area (Å²) in [7, 11) is 0. The molecular formula is C20H26NO3PS. The van der Waals surface area contributed by atoms with Crippen molar-refractivity contribution in [1.82, 2.24) is 0 Å². The standard InChI is InChI=1S/C20H26NO3PS/c1-4-22-19-11-9-18(10-12-19)21-20(17-7-5-15(2)6-8-17)25(26)23-14-13-16(3)24-25/h5-12,16,20-21H,4,13-14H2,1-3H3. The second-order valence-corrected chi connectivity index (χ2v) is 10.1. The Hall–Kier alpha value is -1.39. The molecule has 3 rings (SSSR count). The second-order valence-electron chi connectivity index (χ2n) is 6.49. The molecule has 3 unspecified atom stereocenters. The SMILES string of the molecule is CCOc1ccc(NC(c2ccc(C)cc2)P2(=S)OCCC(C)O2)cc1. The van der Waals surface area contributed by atoms with Crippen molar-refractivity contribution in [2.45, 2.75) is 39.1 Å². The molecule has 1 fully saturated rings. The Bertz CT molecular complexity index is 764. The first-order chi connectivity index (χ1) is 12.5. The van der Waals surface area contributed by atoms with Crippen molar-refractivity contribution >= 4 is 24.0 Å². The Morgan fingerprint density at radius 3 is 2.50 bits per heavy atom. The number of aryl methyl sites for hydroxylation is 1. The molecule has 0 bridgehead atoms. The summed E-state index contributed by atoms with van der Waals surface area (Å²) in [6, 6.07) is 16.3. The molecule has 1 aliphatic rings. The average Bonchev–Trinajstić information content (AvgIpc) is 2.62. The molecule has 2 aromatic rings. The number of benzene rings is 2. The van der Waals surface area contributed by atoms with Crippen molar-refractivity contribution in [3.63, 3.8) is 0 Å². The number of nitrogens with one attached hydrogen (secondary N) is 1. The summed E-state index contributed by atoms with van der Waals surface area (Å²) in [5.41, 5.74) is 3.26. The van der Waals surface area contributed by atoms with Gasteiger partial charge in [-0.2, -0.15) is 0 Å². The fourth-order valence-corrected chi connectivity index (χ4v) is 6.21. The van der Waals surface area contributed by atoms with E-state index in [0.717, 1.165) is 23.4 Å². The van der Waals surface area contributed by atoms with Crippen LogP contribution in [0.4, 0.5) is 5.69 Å². The van der Waals surface area contributed by atoms with E-state index in [0.29, 0.717) is 13.2 Å². The maximum atomic E-state index is 6.17. The minimum absolute atomic E-state index is 0.115. The van der Waals surface area contributed by atoms with Gasteiger partial charge in [0.15, 0.2) is 0 Å². The van der Waals surface area contributed by atoms with E-state index in [1.807, 2.05) is 31.2 Å². The van der Waals surface area contributed by atoms with Crippen molar-refractivity contribution in [1.29, 1.82) is 0 Å². The average molecular weight is 391 g/mol. The predicted molar refractivity (Wildman–Crippen MR) is 111 cm³/mol. The van der Waals surface area contributed by atoms with Gasteiger partial charge < -0.3 is 19.1 Å². The van der Waals surface area contributed by atoms with Gasteiger partial charge in [-0.1, -0.05) is 29.8 Å². The van der Waals surface area contributed by atoms with Crippen LogP contribution in [0.15, 0.2) is 48.5 Å². The quantitative estimate of drug-likeness (QED) is 0.645. The zero-order valence-electron chi connectivity index (χ0n) is 15.5. The molecule has 1 heterocycles. The molecular weight excluding hydrogens is 365 g/mol. The van der Waals surface area contributed by atoms with E-state index in [2.05, 4.69) is 43.4 Å². The third-order valence-electron chi connectivity index (χ3n) is 4.30. The van der Waals surface area contributed by atoms with Gasteiger partial charge in [-0.25, -0.2) is 0 Å². The van der Waals surface area contributed by atoms with E-state index < -0.39 is 6.49 Å². The molecule has 0 amide bonds. The van der Waals surface area contributed by atoms with Crippen molar-refractivity contribution < 1.29 is 13.8 Å². The molecule has 0 aliphatic carbocycles. The normalized spacial score (nSPS) is 24.0. The van der Waals surface area contributed by atoms with E-state index in [9.17, 15) is 0 Å². The highest BCUT2D eigenvalue weighted by atomic mass is 32.5. The first kappa shape index (κ1) is 19.4. The van der Waals surface area contributed by atoms with Crippen LogP contribution >= 0.6 is 6.49 Å². The lowest BCUT2D eigenvalue weighted by atomic mass is 10.1. The third-order valence-corrected chi connectivity index (χ3v) is 7.76. The number of hydrogen-bond acceptors (Lipinski definition) is 5. The monoisotopic (exact) mass is 391 g/mol. The van der Waals surface area contributed by atoms with E-state index >= 15 is 0 Å². The zero-order chi connectivity index (χ0) is 18.6. The summed E-state index contributed by atoms with van der Waals surface area (Å²) in [6.45, 7) is 4.90. The molecule has 26 heavy (non-hydrogen) atoms. The van der Waals surface area contributed by atoms with Crippen LogP contribution in [-0.4, -0.2) is 19.3 Å². The molecule has 1 aliphatic heterocycles. The summed E-state index contributed by atoms with van der Waals surface area (Å²) < 4.78 is 17.7. The van der Waals surface area contributed by atoms with Gasteiger partial charge in [0.05, 0.1) is 19.3 Å². The Morgan fingerprint density at radius 1 is 1.19 bits per heavy atom. The van der Waals surface area contributed by atoms with Crippen molar-refractivity contribution in [3.05, 3.63) is 59.7 Å². The van der Waals surface area contributed by atoms with Crippen LogP contribution in [0.25, 0.3) is 0 Å². The second kappa shape index (κ2) is 8.53. The highest BCUT2D eigenvalue weighted by Gasteiger charge is 2.37. The van der Waals surface area contributed by atoms with E-state index in [4.69, 9.17) is 25.6 Å². The fraction of sp³-hybridized carbons (Fsp3) is 0.400. The van der Waals surface area contributed by atoms with Crippen molar-refractivity contribution in [2.24, 2.45) is 0 Å². The summed E-state index contributed by atoms with van der Waals surface area (Å²) in [5.74, 6) is 0.658. The lowest BCUT2D eigenvalue weighted by Crippen LogP contribution is -2.23. The molecule has 6 heteroatoms. The first-order valence-electron chi connectivity index (χ1n) is 8.99. The van der Waals surface area contributed by atoms with Crippen LogP contribution < -0.4 is 10.1 Å². The molecule has 2 aromatic carbocycles. The van der Waals surface area contributed by atoms with Crippen molar-refractivity contribution in [2.75, 3.05) is 18.5 Å². The highest BCUT2D eigenvalue weighted by Crippen LogP contribution is 2.63. The van der Waals surface area contributed by atoms with Crippen LogP contribution in [0, 0.1) is 6.92 Å². The molecule has 140 valence electrons. The molecule has 3 atom stereocenters. The summed E-state index contributed by atoms with van der Waals surface area (Å²) in [6.07, 6.45) is 0.992. The van der Waals surface area contributed by atoms with Gasteiger partial charge in [-0.05, 0) is 68.8 Å². The Labute approximate surface area is 161 Å². The van der Waals surface area contributed by atoms with Gasteiger partial charge in [0.2, 0.25) is 6.49 Å². The topological polar surface area (TPSA) is 39.7 Å². The lowest BCUT2D eigenvalue weighted by Gasteiger charge is -2.37. The van der Waals surface area contributed by atoms with Crippen LogP contribution in [0.2, 0.25) is 0 Å². The summed E-state index contributed by atoms with van der Waals surface area (Å²) in [4.78, 5) is 0. The number of hydrogen-bond donors (Lipinski definition) is 1. The van der Waals surface area contributed by atoms with Gasteiger partial charge in [0.25, 0.3) is 0 Å². The summed E-state index contributed by atoms with van der Waals surface area (Å²) in [5, 5.41) is 3.55. The van der Waals surface area contributed by atoms with E-state index in [-0.39, 0.29) is 11.9 Å². The number of ether oxygens (including phenoxy) is 1. The van der Waals surface area contributed by atoms with E-state index in [1.165, 1.54) is 5.56 Å². The molecule has 1 saturated heterocycles. The van der Waals surface area contributed by atoms with E-state index in [1.54, 1.807) is 0 Å².